The fourth-order valence-electron chi connectivity index (χ4n) is 3.21. The molecule has 0 heterocycles. The molecule has 0 saturated carbocycles. The first kappa shape index (κ1) is 17.4. The summed E-state index contributed by atoms with van der Waals surface area (Å²) in [6.45, 7) is 3.96. The smallest absolute Gasteiger partial charge is 0.262 e. The van der Waals surface area contributed by atoms with E-state index in [0.717, 1.165) is 28.9 Å². The van der Waals surface area contributed by atoms with E-state index in [1.54, 1.807) is 35.2 Å². The van der Waals surface area contributed by atoms with E-state index in [2.05, 4.69) is 0 Å². The summed E-state index contributed by atoms with van der Waals surface area (Å²) in [5.41, 5.74) is 4.16. The van der Waals surface area contributed by atoms with E-state index in [9.17, 15) is 9.59 Å². The standard InChI is InChI=1S/C21H20ClNO2/c1-14-5-3-6-15(2)20(14)23(18-7-4-8-19(24)13-18)21(25)16-9-11-17(22)12-10-16/h3,5-6,9-13H,4,7-8H2,1-2H3. The van der Waals surface area contributed by atoms with Crippen LogP contribution in [0.5, 0.6) is 0 Å². The van der Waals surface area contributed by atoms with Crippen LogP contribution in [0.4, 0.5) is 5.69 Å². The number of ketones is 1. The molecule has 3 rings (SSSR count). The number of nitrogens with zero attached hydrogens (tertiary/aromatic N) is 1. The lowest BCUT2D eigenvalue weighted by molar-refractivity contribution is -0.115. The zero-order chi connectivity index (χ0) is 18.0. The Morgan fingerprint density at radius 2 is 1.64 bits per heavy atom. The minimum atomic E-state index is -0.144. The van der Waals surface area contributed by atoms with Crippen molar-refractivity contribution in [1.82, 2.24) is 0 Å². The number of hydrogen-bond acceptors (Lipinski definition) is 2. The molecule has 1 aliphatic carbocycles. The molecular formula is C21H20ClNO2. The summed E-state index contributed by atoms with van der Waals surface area (Å²) in [6.07, 6.45) is 3.63. The van der Waals surface area contributed by atoms with Gasteiger partial charge in [0.05, 0.1) is 5.69 Å². The van der Waals surface area contributed by atoms with Crippen molar-refractivity contribution in [3.63, 3.8) is 0 Å². The van der Waals surface area contributed by atoms with Crippen LogP contribution in [-0.2, 0) is 4.79 Å². The average molecular weight is 354 g/mol. The fraction of sp³-hybridized carbons (Fsp3) is 0.238. The van der Waals surface area contributed by atoms with Gasteiger partial charge in [-0.2, -0.15) is 0 Å². The number of allylic oxidation sites excluding steroid dienone is 2. The van der Waals surface area contributed by atoms with E-state index in [1.807, 2.05) is 32.0 Å². The van der Waals surface area contributed by atoms with Crippen molar-refractivity contribution in [2.24, 2.45) is 0 Å². The van der Waals surface area contributed by atoms with Gasteiger partial charge in [0, 0.05) is 28.8 Å². The molecule has 0 unspecified atom stereocenters. The Morgan fingerprint density at radius 1 is 1.00 bits per heavy atom. The highest BCUT2D eigenvalue weighted by atomic mass is 35.5. The summed E-state index contributed by atoms with van der Waals surface area (Å²) >= 11 is 5.95. The van der Waals surface area contributed by atoms with Crippen molar-refractivity contribution < 1.29 is 9.59 Å². The van der Waals surface area contributed by atoms with E-state index in [0.29, 0.717) is 23.4 Å². The molecule has 0 saturated heterocycles. The second-order valence-corrected chi connectivity index (χ2v) is 6.78. The van der Waals surface area contributed by atoms with Crippen LogP contribution < -0.4 is 4.90 Å². The number of carbonyl (C=O) groups is 2. The summed E-state index contributed by atoms with van der Waals surface area (Å²) in [4.78, 5) is 26.9. The highest BCUT2D eigenvalue weighted by Crippen LogP contribution is 2.32. The number of benzene rings is 2. The largest absolute Gasteiger partial charge is 0.295 e. The number of amides is 1. The Balaban J connectivity index is 2.14. The van der Waals surface area contributed by atoms with Gasteiger partial charge in [-0.05, 0) is 62.1 Å². The van der Waals surface area contributed by atoms with Gasteiger partial charge < -0.3 is 0 Å². The zero-order valence-electron chi connectivity index (χ0n) is 14.4. The van der Waals surface area contributed by atoms with E-state index >= 15 is 0 Å². The zero-order valence-corrected chi connectivity index (χ0v) is 15.1. The minimum Gasteiger partial charge on any atom is -0.295 e. The molecule has 0 radical (unpaired) electrons. The van der Waals surface area contributed by atoms with Crippen LogP contribution in [0.1, 0.15) is 40.7 Å². The normalized spacial score (nSPS) is 14.2. The van der Waals surface area contributed by atoms with Crippen molar-refractivity contribution in [2.45, 2.75) is 33.1 Å². The maximum absolute atomic E-state index is 13.3. The molecule has 2 aromatic carbocycles. The highest BCUT2D eigenvalue weighted by Gasteiger charge is 2.26. The topological polar surface area (TPSA) is 37.4 Å². The predicted octanol–water partition coefficient (Wildman–Crippen LogP) is 5.24. The van der Waals surface area contributed by atoms with Gasteiger partial charge in [-0.15, -0.1) is 0 Å². The molecule has 0 N–H and O–H groups in total. The summed E-state index contributed by atoms with van der Waals surface area (Å²) in [6, 6.07) is 12.8. The Kier molecular flexibility index (Phi) is 5.05. The van der Waals surface area contributed by atoms with Crippen LogP contribution in [0.25, 0.3) is 0 Å². The molecule has 1 amide bonds. The van der Waals surface area contributed by atoms with Crippen molar-refractivity contribution >= 4 is 29.0 Å². The number of rotatable bonds is 3. The number of carbonyl (C=O) groups excluding carboxylic acids is 2. The first-order valence-electron chi connectivity index (χ1n) is 8.37. The molecule has 128 valence electrons. The Hall–Kier alpha value is -2.39. The molecule has 0 spiro atoms. The Morgan fingerprint density at radius 3 is 2.24 bits per heavy atom. The molecule has 0 fully saturated rings. The van der Waals surface area contributed by atoms with Crippen molar-refractivity contribution in [3.05, 3.63) is 76.0 Å². The van der Waals surface area contributed by atoms with E-state index in [4.69, 9.17) is 11.6 Å². The Bertz CT molecular complexity index is 832. The Labute approximate surface area is 152 Å². The van der Waals surface area contributed by atoms with Gasteiger partial charge >= 0.3 is 0 Å². The third kappa shape index (κ3) is 3.67. The minimum absolute atomic E-state index is 0.0707. The summed E-state index contributed by atoms with van der Waals surface area (Å²) in [5, 5.41) is 0.585. The third-order valence-electron chi connectivity index (χ3n) is 4.43. The molecule has 0 aliphatic heterocycles. The molecule has 0 aromatic heterocycles. The van der Waals surface area contributed by atoms with Crippen LogP contribution in [-0.4, -0.2) is 11.7 Å². The van der Waals surface area contributed by atoms with E-state index < -0.39 is 0 Å². The number of anilines is 1. The molecule has 1 aliphatic rings. The van der Waals surface area contributed by atoms with Gasteiger partial charge in [-0.25, -0.2) is 0 Å². The van der Waals surface area contributed by atoms with E-state index in [-0.39, 0.29) is 11.7 Å². The van der Waals surface area contributed by atoms with Gasteiger partial charge in [0.15, 0.2) is 5.78 Å². The first-order chi connectivity index (χ1) is 12.0. The van der Waals surface area contributed by atoms with Gasteiger partial charge in [0.2, 0.25) is 0 Å². The summed E-state index contributed by atoms with van der Waals surface area (Å²) in [7, 11) is 0. The molecule has 0 atom stereocenters. The molecule has 2 aromatic rings. The number of para-hydroxylation sites is 1. The maximum atomic E-state index is 13.3. The van der Waals surface area contributed by atoms with Gasteiger partial charge in [-0.1, -0.05) is 29.8 Å². The maximum Gasteiger partial charge on any atom is 0.262 e. The molecule has 0 bridgehead atoms. The second kappa shape index (κ2) is 7.24. The lowest BCUT2D eigenvalue weighted by Gasteiger charge is -2.30. The lowest BCUT2D eigenvalue weighted by Crippen LogP contribution is -2.33. The average Bonchev–Trinajstić information content (AvgIpc) is 2.58. The van der Waals surface area contributed by atoms with Crippen LogP contribution in [0.15, 0.2) is 54.2 Å². The molecule has 3 nitrogen and oxygen atoms in total. The van der Waals surface area contributed by atoms with Gasteiger partial charge in [0.1, 0.15) is 0 Å². The van der Waals surface area contributed by atoms with Crippen molar-refractivity contribution in [1.29, 1.82) is 0 Å². The number of halogens is 1. The molecular weight excluding hydrogens is 334 g/mol. The van der Waals surface area contributed by atoms with Crippen LogP contribution in [0, 0.1) is 13.8 Å². The highest BCUT2D eigenvalue weighted by molar-refractivity contribution is 6.30. The third-order valence-corrected chi connectivity index (χ3v) is 4.68. The number of hydrogen-bond donors (Lipinski definition) is 0. The summed E-state index contributed by atoms with van der Waals surface area (Å²) in [5.74, 6) is -0.0728. The van der Waals surface area contributed by atoms with E-state index in [1.165, 1.54) is 0 Å². The first-order valence-corrected chi connectivity index (χ1v) is 8.75. The van der Waals surface area contributed by atoms with Crippen LogP contribution in [0.2, 0.25) is 5.02 Å². The SMILES string of the molecule is Cc1cccc(C)c1N(C(=O)c1ccc(Cl)cc1)C1=CC(=O)CCC1. The van der Waals surface area contributed by atoms with Crippen molar-refractivity contribution in [2.75, 3.05) is 4.90 Å². The predicted molar refractivity (Wildman–Crippen MR) is 101 cm³/mol. The number of aryl methyl sites for hydroxylation is 2. The monoisotopic (exact) mass is 353 g/mol. The molecule has 25 heavy (non-hydrogen) atoms. The summed E-state index contributed by atoms with van der Waals surface area (Å²) < 4.78 is 0. The van der Waals surface area contributed by atoms with Gasteiger partial charge in [0.25, 0.3) is 5.91 Å². The van der Waals surface area contributed by atoms with Crippen LogP contribution in [0.3, 0.4) is 0 Å². The fourth-order valence-corrected chi connectivity index (χ4v) is 3.33. The lowest BCUT2D eigenvalue weighted by atomic mass is 9.99. The van der Waals surface area contributed by atoms with Crippen molar-refractivity contribution in [3.8, 4) is 0 Å². The quantitative estimate of drug-likeness (QED) is 0.756. The molecule has 4 heteroatoms. The van der Waals surface area contributed by atoms with Gasteiger partial charge in [-0.3, -0.25) is 14.5 Å². The second-order valence-electron chi connectivity index (χ2n) is 6.34. The van der Waals surface area contributed by atoms with Crippen LogP contribution >= 0.6 is 11.6 Å².